The zero-order valence-electron chi connectivity index (χ0n) is 14.6. The number of ether oxygens (including phenoxy) is 2. The molecule has 0 saturated carbocycles. The first kappa shape index (κ1) is 19.8. The van der Waals surface area contributed by atoms with Gasteiger partial charge in [-0.05, 0) is 42.8 Å². The number of para-hydroxylation sites is 1. The van der Waals surface area contributed by atoms with E-state index in [4.69, 9.17) is 14.7 Å². The summed E-state index contributed by atoms with van der Waals surface area (Å²) >= 11 is 0. The van der Waals surface area contributed by atoms with Gasteiger partial charge in [0, 0.05) is 0 Å². The van der Waals surface area contributed by atoms with Gasteiger partial charge in [-0.25, -0.2) is 4.79 Å². The third-order valence-electron chi connectivity index (χ3n) is 3.82. The van der Waals surface area contributed by atoms with Crippen LogP contribution in [0.2, 0.25) is 0 Å². The van der Waals surface area contributed by atoms with Crippen molar-refractivity contribution in [3.8, 4) is 23.6 Å². The topological polar surface area (TPSA) is 124 Å². The Balaban J connectivity index is 2.50. The molecule has 27 heavy (non-hydrogen) atoms. The molecule has 2 unspecified atom stereocenters. The molecule has 0 radical (unpaired) electrons. The van der Waals surface area contributed by atoms with Crippen LogP contribution >= 0.6 is 0 Å². The van der Waals surface area contributed by atoms with Crippen LogP contribution in [0.3, 0.4) is 0 Å². The van der Waals surface area contributed by atoms with Crippen LogP contribution in [0.1, 0.15) is 30.9 Å². The minimum Gasteiger partial charge on any atom is -0.475 e. The first-order valence-corrected chi connectivity index (χ1v) is 8.25. The zero-order chi connectivity index (χ0) is 19.9. The number of carboxylic acids is 1. The number of aliphatic carboxylic acids is 1. The molecule has 2 atom stereocenters. The van der Waals surface area contributed by atoms with E-state index in [1.54, 1.807) is 19.1 Å². The second-order valence-corrected chi connectivity index (χ2v) is 5.73. The summed E-state index contributed by atoms with van der Waals surface area (Å²) in [5.74, 6) is -3.93. The summed E-state index contributed by atoms with van der Waals surface area (Å²) in [4.78, 5) is 12.1. The second kappa shape index (κ2) is 8.70. The van der Waals surface area contributed by atoms with Gasteiger partial charge >= 0.3 is 11.8 Å². The Labute approximate surface area is 156 Å². The fraction of sp³-hybridized carbons (Fsp3) is 0.250. The molecule has 138 valence electrons. The van der Waals surface area contributed by atoms with Crippen molar-refractivity contribution >= 4 is 5.97 Å². The van der Waals surface area contributed by atoms with E-state index < -0.39 is 17.9 Å². The molecule has 0 amide bonds. The average molecular weight is 366 g/mol. The molecule has 0 spiro atoms. The number of nitrogens with zero attached hydrogens (tertiary/aromatic N) is 2. The number of carboxylic acid groups (broad SMARTS) is 1. The predicted octanol–water partition coefficient (Wildman–Crippen LogP) is 2.83. The van der Waals surface area contributed by atoms with E-state index in [9.17, 15) is 20.3 Å². The number of aliphatic hydroxyl groups excluding tert-OH is 1. The molecule has 0 aromatic heterocycles. The molecule has 2 N–H and O–H groups in total. The van der Waals surface area contributed by atoms with Crippen molar-refractivity contribution < 1.29 is 24.5 Å². The highest BCUT2D eigenvalue weighted by atomic mass is 16.7. The lowest BCUT2D eigenvalue weighted by atomic mass is 10.0. The number of carbonyl (C=O) groups is 1. The number of nitriles is 2. The first-order chi connectivity index (χ1) is 13.0. The minimum atomic E-state index is -2.46. The van der Waals surface area contributed by atoms with Crippen molar-refractivity contribution in [2.24, 2.45) is 0 Å². The van der Waals surface area contributed by atoms with Gasteiger partial charge in [-0.1, -0.05) is 25.5 Å². The molecule has 0 bridgehead atoms. The molecular weight excluding hydrogens is 348 g/mol. The van der Waals surface area contributed by atoms with E-state index in [2.05, 4.69) is 0 Å². The smallest absolute Gasteiger partial charge is 0.393 e. The predicted molar refractivity (Wildman–Crippen MR) is 94.9 cm³/mol. The van der Waals surface area contributed by atoms with Gasteiger partial charge in [-0.3, -0.25) is 0 Å². The summed E-state index contributed by atoms with van der Waals surface area (Å²) in [7, 11) is 0. The quantitative estimate of drug-likeness (QED) is 0.688. The van der Waals surface area contributed by atoms with Crippen LogP contribution in [0.25, 0.3) is 0 Å². The lowest BCUT2D eigenvalue weighted by molar-refractivity contribution is -0.214. The highest BCUT2D eigenvalue weighted by Gasteiger charge is 2.51. The average Bonchev–Trinajstić information content (AvgIpc) is 2.68. The molecule has 0 aliphatic rings. The van der Waals surface area contributed by atoms with Crippen molar-refractivity contribution in [3.05, 3.63) is 59.7 Å². The molecule has 2 rings (SSSR count). The van der Waals surface area contributed by atoms with Gasteiger partial charge in [-0.15, -0.1) is 0 Å². The lowest BCUT2D eigenvalue weighted by Crippen LogP contribution is -2.59. The van der Waals surface area contributed by atoms with Gasteiger partial charge in [0.1, 0.15) is 23.7 Å². The van der Waals surface area contributed by atoms with Crippen LogP contribution < -0.4 is 9.47 Å². The molecule has 0 fully saturated rings. The normalized spacial score (nSPS) is 13.5. The fourth-order valence-electron chi connectivity index (χ4n) is 2.43. The van der Waals surface area contributed by atoms with Crippen LogP contribution in [0.4, 0.5) is 0 Å². The molecule has 7 nitrogen and oxygen atoms in total. The maximum atomic E-state index is 12.1. The van der Waals surface area contributed by atoms with Crippen LogP contribution in [0, 0.1) is 22.7 Å². The molecule has 0 heterocycles. The number of rotatable bonds is 8. The molecule has 2 aromatic carbocycles. The van der Waals surface area contributed by atoms with Gasteiger partial charge in [0.05, 0.1) is 17.2 Å². The van der Waals surface area contributed by atoms with Crippen LogP contribution in [-0.4, -0.2) is 28.1 Å². The summed E-state index contributed by atoms with van der Waals surface area (Å²) in [5.41, 5.74) is 0.475. The summed E-state index contributed by atoms with van der Waals surface area (Å²) < 4.78 is 11.2. The largest absolute Gasteiger partial charge is 0.475 e. The van der Waals surface area contributed by atoms with Crippen molar-refractivity contribution in [3.63, 3.8) is 0 Å². The third kappa shape index (κ3) is 4.35. The molecular formula is C20H18N2O5. The number of hydrogen-bond acceptors (Lipinski definition) is 6. The van der Waals surface area contributed by atoms with E-state index in [1.165, 1.54) is 36.4 Å². The Hall–Kier alpha value is -3.55. The van der Waals surface area contributed by atoms with Crippen LogP contribution in [0.5, 0.6) is 11.5 Å². The maximum absolute atomic E-state index is 12.1. The SMILES string of the molecule is CCCC(O)C(Oc1ccc(C#N)cc1)(Oc1ccccc1C#N)C(=O)O. The van der Waals surface area contributed by atoms with Gasteiger partial charge < -0.3 is 19.7 Å². The lowest BCUT2D eigenvalue weighted by Gasteiger charge is -2.34. The van der Waals surface area contributed by atoms with Crippen LogP contribution in [-0.2, 0) is 4.79 Å². The Bertz CT molecular complexity index is 882. The highest BCUT2D eigenvalue weighted by Crippen LogP contribution is 2.30. The molecule has 0 aliphatic heterocycles. The molecule has 0 aliphatic carbocycles. The Morgan fingerprint density at radius 1 is 1.11 bits per heavy atom. The van der Waals surface area contributed by atoms with Crippen molar-refractivity contribution in [2.45, 2.75) is 31.7 Å². The van der Waals surface area contributed by atoms with E-state index >= 15 is 0 Å². The fourth-order valence-corrected chi connectivity index (χ4v) is 2.43. The van der Waals surface area contributed by atoms with Crippen molar-refractivity contribution in [1.82, 2.24) is 0 Å². The zero-order valence-corrected chi connectivity index (χ0v) is 14.6. The van der Waals surface area contributed by atoms with Gasteiger partial charge in [0.25, 0.3) is 0 Å². The van der Waals surface area contributed by atoms with Crippen LogP contribution in [0.15, 0.2) is 48.5 Å². The Morgan fingerprint density at radius 2 is 1.78 bits per heavy atom. The summed E-state index contributed by atoms with van der Waals surface area (Å²) in [6, 6.07) is 15.7. The first-order valence-electron chi connectivity index (χ1n) is 8.25. The summed E-state index contributed by atoms with van der Waals surface area (Å²) in [6.45, 7) is 1.78. The minimum absolute atomic E-state index is 0.0220. The van der Waals surface area contributed by atoms with E-state index in [0.717, 1.165) is 0 Å². The van der Waals surface area contributed by atoms with E-state index in [1.807, 2.05) is 12.1 Å². The van der Waals surface area contributed by atoms with E-state index in [0.29, 0.717) is 12.0 Å². The van der Waals surface area contributed by atoms with Gasteiger partial charge in [-0.2, -0.15) is 10.5 Å². The number of hydrogen-bond donors (Lipinski definition) is 2. The van der Waals surface area contributed by atoms with Gasteiger partial charge in [0.2, 0.25) is 0 Å². The third-order valence-corrected chi connectivity index (χ3v) is 3.82. The maximum Gasteiger partial charge on any atom is 0.393 e. The monoisotopic (exact) mass is 366 g/mol. The Kier molecular flexibility index (Phi) is 6.37. The van der Waals surface area contributed by atoms with Crippen molar-refractivity contribution in [1.29, 1.82) is 10.5 Å². The van der Waals surface area contributed by atoms with E-state index in [-0.39, 0.29) is 23.5 Å². The molecule has 2 aromatic rings. The van der Waals surface area contributed by atoms with Gasteiger partial charge in [0.15, 0.2) is 0 Å². The molecule has 7 heteroatoms. The second-order valence-electron chi connectivity index (χ2n) is 5.73. The van der Waals surface area contributed by atoms with Crippen molar-refractivity contribution in [2.75, 3.05) is 0 Å². The summed E-state index contributed by atoms with van der Waals surface area (Å²) in [6.07, 6.45) is -0.935. The summed E-state index contributed by atoms with van der Waals surface area (Å²) in [5, 5.41) is 38.5. The standard InChI is InChI=1S/C20H18N2O5/c1-2-5-18(23)20(19(24)25,26-16-10-8-14(12-21)9-11-16)27-17-7-4-3-6-15(17)13-22/h3-4,6-11,18,23H,2,5H2,1H3,(H,24,25). The molecule has 0 saturated heterocycles. The Morgan fingerprint density at radius 3 is 2.33 bits per heavy atom. The number of benzene rings is 2. The number of aliphatic hydroxyl groups is 1. The highest BCUT2D eigenvalue weighted by molar-refractivity contribution is 5.77.